The van der Waals surface area contributed by atoms with Crippen molar-refractivity contribution in [2.45, 2.75) is 44.7 Å². The van der Waals surface area contributed by atoms with Crippen molar-refractivity contribution in [3.8, 4) is 17.0 Å². The summed E-state index contributed by atoms with van der Waals surface area (Å²) in [6, 6.07) is 17.1. The topological polar surface area (TPSA) is 60.2 Å². The van der Waals surface area contributed by atoms with Crippen LogP contribution in [0.15, 0.2) is 60.7 Å². The molecule has 4 aromatic rings. The zero-order valence-electron chi connectivity index (χ0n) is 18.1. The predicted octanol–water partition coefficient (Wildman–Crippen LogP) is 5.76. The van der Waals surface area contributed by atoms with E-state index in [1.807, 2.05) is 41.0 Å². The Hall–Kier alpha value is -3.39. The molecule has 3 heterocycles. The zero-order chi connectivity index (χ0) is 23.4. The summed E-state index contributed by atoms with van der Waals surface area (Å²) in [5, 5.41) is 10.2. The maximum absolute atomic E-state index is 13.0. The molecule has 1 aliphatic rings. The van der Waals surface area contributed by atoms with Crippen LogP contribution in [-0.2, 0) is 12.0 Å². The van der Waals surface area contributed by atoms with Crippen LogP contribution < -0.4 is 4.74 Å². The van der Waals surface area contributed by atoms with Crippen LogP contribution in [0.4, 0.5) is 13.2 Å². The minimum Gasteiger partial charge on any atom is -0.405 e. The lowest BCUT2D eigenvalue weighted by Crippen LogP contribution is -2.19. The fraction of sp³-hybridized carbons (Fsp3) is 0.280. The molecule has 1 aliphatic heterocycles. The Morgan fingerprint density at radius 1 is 0.970 bits per heavy atom. The third kappa shape index (κ3) is 4.06. The Kier molecular flexibility index (Phi) is 4.93. The molecule has 8 heteroatoms. The summed E-state index contributed by atoms with van der Waals surface area (Å²) < 4.78 is 45.1. The van der Waals surface area contributed by atoms with Gasteiger partial charge in [-0.05, 0) is 44.0 Å². The quantitative estimate of drug-likeness (QED) is 0.427. The molecule has 0 bridgehead atoms. The van der Waals surface area contributed by atoms with Crippen molar-refractivity contribution < 1.29 is 23.0 Å². The molecule has 170 valence electrons. The minimum absolute atomic E-state index is 0.205. The van der Waals surface area contributed by atoms with Gasteiger partial charge in [-0.15, -0.1) is 13.2 Å². The lowest BCUT2D eigenvalue weighted by Gasteiger charge is -2.19. The van der Waals surface area contributed by atoms with Crippen LogP contribution >= 0.6 is 0 Å². The van der Waals surface area contributed by atoms with Gasteiger partial charge < -0.3 is 14.4 Å². The molecule has 0 spiro atoms. The number of para-hydroxylation sites is 1. The lowest BCUT2D eigenvalue weighted by atomic mass is 9.97. The number of pyridine rings is 1. The number of rotatable bonds is 4. The summed E-state index contributed by atoms with van der Waals surface area (Å²) in [7, 11) is 0. The van der Waals surface area contributed by atoms with Gasteiger partial charge in [0, 0.05) is 17.5 Å². The Morgan fingerprint density at radius 3 is 2.39 bits per heavy atom. The SMILES string of the molecule is CC(C)(O)c1ccc(-c2ccc3nc4n(c3n2)C(c2ccccc2OC(F)(F)F)CC4)cc1. The number of hydrogen-bond acceptors (Lipinski definition) is 4. The number of nitrogens with zero attached hydrogens (tertiary/aromatic N) is 3. The van der Waals surface area contributed by atoms with Crippen LogP contribution in [0.1, 0.15) is 43.3 Å². The van der Waals surface area contributed by atoms with Crippen LogP contribution in [0.3, 0.4) is 0 Å². The first-order valence-electron chi connectivity index (χ1n) is 10.7. The molecule has 0 aliphatic carbocycles. The molecule has 0 saturated carbocycles. The highest BCUT2D eigenvalue weighted by molar-refractivity contribution is 5.77. The molecule has 5 nitrogen and oxygen atoms in total. The zero-order valence-corrected chi connectivity index (χ0v) is 18.1. The first kappa shape index (κ1) is 21.5. The van der Waals surface area contributed by atoms with E-state index in [2.05, 4.69) is 9.72 Å². The molecular weight excluding hydrogens is 431 g/mol. The number of halogens is 3. The van der Waals surface area contributed by atoms with Crippen molar-refractivity contribution >= 4 is 11.2 Å². The van der Waals surface area contributed by atoms with Crippen molar-refractivity contribution in [1.29, 1.82) is 0 Å². The molecule has 0 radical (unpaired) electrons. The van der Waals surface area contributed by atoms with Gasteiger partial charge in [0.1, 0.15) is 17.1 Å². The van der Waals surface area contributed by atoms with Gasteiger partial charge in [0.15, 0.2) is 5.65 Å². The number of aryl methyl sites for hydroxylation is 1. The molecule has 1 unspecified atom stereocenters. The Morgan fingerprint density at radius 2 is 1.70 bits per heavy atom. The molecular formula is C25H22F3N3O2. The van der Waals surface area contributed by atoms with Gasteiger partial charge >= 0.3 is 6.36 Å². The number of benzene rings is 2. The standard InChI is InChI=1S/C25H22F3N3O2/c1-24(2,32)16-9-7-15(8-10-16)18-11-12-19-23(30-18)31-20(13-14-22(31)29-19)17-5-3-4-6-21(17)33-25(26,27)28/h3-12,20,32H,13-14H2,1-2H3. The van der Waals surface area contributed by atoms with Gasteiger partial charge in [0.05, 0.1) is 17.3 Å². The first-order valence-corrected chi connectivity index (χ1v) is 10.7. The Bertz CT molecular complexity index is 1320. The van der Waals surface area contributed by atoms with Gasteiger partial charge in [-0.3, -0.25) is 0 Å². The summed E-state index contributed by atoms with van der Waals surface area (Å²) in [5.74, 6) is 0.585. The van der Waals surface area contributed by atoms with Crippen molar-refractivity contribution in [1.82, 2.24) is 14.5 Å². The Labute approximate surface area is 188 Å². The molecule has 33 heavy (non-hydrogen) atoms. The van der Waals surface area contributed by atoms with Crippen molar-refractivity contribution in [3.63, 3.8) is 0 Å². The predicted molar refractivity (Wildman–Crippen MR) is 118 cm³/mol. The number of ether oxygens (including phenoxy) is 1. The molecule has 1 atom stereocenters. The number of imidazole rings is 1. The van der Waals surface area contributed by atoms with Gasteiger partial charge in [-0.25, -0.2) is 9.97 Å². The number of fused-ring (bicyclic) bond motifs is 3. The van der Waals surface area contributed by atoms with Crippen LogP contribution in [0.25, 0.3) is 22.4 Å². The average Bonchev–Trinajstić information content (AvgIpc) is 3.31. The molecule has 0 saturated heterocycles. The van der Waals surface area contributed by atoms with E-state index in [0.29, 0.717) is 29.6 Å². The highest BCUT2D eigenvalue weighted by Crippen LogP contribution is 2.40. The molecule has 1 N–H and O–H groups in total. The maximum atomic E-state index is 13.0. The second-order valence-corrected chi connectivity index (χ2v) is 8.71. The summed E-state index contributed by atoms with van der Waals surface area (Å²) in [5.41, 5.74) is 3.21. The van der Waals surface area contributed by atoms with E-state index in [-0.39, 0.29) is 11.8 Å². The summed E-state index contributed by atoms with van der Waals surface area (Å²) in [4.78, 5) is 9.48. The third-order valence-electron chi connectivity index (χ3n) is 5.95. The smallest absolute Gasteiger partial charge is 0.405 e. The van der Waals surface area contributed by atoms with Crippen molar-refractivity contribution in [2.75, 3.05) is 0 Å². The van der Waals surface area contributed by atoms with Crippen LogP contribution in [0.5, 0.6) is 5.75 Å². The van der Waals surface area contributed by atoms with E-state index in [0.717, 1.165) is 22.6 Å². The maximum Gasteiger partial charge on any atom is 0.573 e. The van der Waals surface area contributed by atoms with E-state index in [1.54, 1.807) is 26.0 Å². The van der Waals surface area contributed by atoms with E-state index in [1.165, 1.54) is 12.1 Å². The summed E-state index contributed by atoms with van der Waals surface area (Å²) in [6.45, 7) is 3.45. The number of aliphatic hydroxyl groups is 1. The van der Waals surface area contributed by atoms with Gasteiger partial charge in [0.2, 0.25) is 0 Å². The van der Waals surface area contributed by atoms with Gasteiger partial charge in [0.25, 0.3) is 0 Å². The Balaban J connectivity index is 1.57. The van der Waals surface area contributed by atoms with E-state index < -0.39 is 12.0 Å². The first-order chi connectivity index (χ1) is 15.6. The largest absolute Gasteiger partial charge is 0.573 e. The van der Waals surface area contributed by atoms with Crippen LogP contribution in [0.2, 0.25) is 0 Å². The monoisotopic (exact) mass is 453 g/mol. The summed E-state index contributed by atoms with van der Waals surface area (Å²) >= 11 is 0. The fourth-order valence-corrected chi connectivity index (χ4v) is 4.40. The van der Waals surface area contributed by atoms with Gasteiger partial charge in [-0.1, -0.05) is 42.5 Å². The second-order valence-electron chi connectivity index (χ2n) is 8.71. The highest BCUT2D eigenvalue weighted by Gasteiger charge is 2.35. The normalized spacial score (nSPS) is 16.2. The average molecular weight is 453 g/mol. The summed E-state index contributed by atoms with van der Waals surface area (Å²) in [6.07, 6.45) is -3.52. The second kappa shape index (κ2) is 7.59. The minimum atomic E-state index is -4.77. The van der Waals surface area contributed by atoms with Crippen molar-refractivity contribution in [2.24, 2.45) is 0 Å². The number of hydrogen-bond donors (Lipinski definition) is 1. The molecule has 0 amide bonds. The van der Waals surface area contributed by atoms with Crippen LogP contribution in [-0.4, -0.2) is 26.0 Å². The number of alkyl halides is 3. The third-order valence-corrected chi connectivity index (χ3v) is 5.95. The van der Waals surface area contributed by atoms with E-state index >= 15 is 0 Å². The van der Waals surface area contributed by atoms with Crippen LogP contribution in [0, 0.1) is 0 Å². The molecule has 0 fully saturated rings. The van der Waals surface area contributed by atoms with Crippen molar-refractivity contribution in [3.05, 3.63) is 77.6 Å². The lowest BCUT2D eigenvalue weighted by molar-refractivity contribution is -0.275. The van der Waals surface area contributed by atoms with Gasteiger partial charge in [-0.2, -0.15) is 0 Å². The van der Waals surface area contributed by atoms with E-state index in [4.69, 9.17) is 4.98 Å². The highest BCUT2D eigenvalue weighted by atomic mass is 19.4. The molecule has 5 rings (SSSR count). The number of aromatic nitrogens is 3. The molecule has 2 aromatic heterocycles. The molecule has 2 aromatic carbocycles. The fourth-order valence-electron chi connectivity index (χ4n) is 4.40. The van der Waals surface area contributed by atoms with E-state index in [9.17, 15) is 18.3 Å².